The number of hydrogen-bond acceptors (Lipinski definition) is 4. The van der Waals surface area contributed by atoms with Gasteiger partial charge in [0.15, 0.2) is 5.69 Å². The fourth-order valence-electron chi connectivity index (χ4n) is 1.29. The van der Waals surface area contributed by atoms with Crippen LogP contribution in [0.4, 0.5) is 0 Å². The molecule has 0 amide bonds. The van der Waals surface area contributed by atoms with Crippen LogP contribution in [0.3, 0.4) is 0 Å². The molecule has 7 heteroatoms. The molecule has 0 fully saturated rings. The third kappa shape index (κ3) is 1.81. The van der Waals surface area contributed by atoms with E-state index in [9.17, 15) is 4.79 Å². The summed E-state index contributed by atoms with van der Waals surface area (Å²) in [6.07, 6.45) is 1.58. The van der Waals surface area contributed by atoms with E-state index in [4.69, 9.17) is 5.11 Å². The maximum absolute atomic E-state index is 11.0. The first-order chi connectivity index (χ1) is 7.59. The molecule has 2 heterocycles. The lowest BCUT2D eigenvalue weighted by Gasteiger charge is -1.98. The molecule has 16 heavy (non-hydrogen) atoms. The van der Waals surface area contributed by atoms with Crippen LogP contribution < -0.4 is 0 Å². The van der Waals surface area contributed by atoms with Gasteiger partial charge in [-0.15, -0.1) is 5.10 Å². The molecule has 0 unspecified atom stereocenters. The Balaban J connectivity index is 2.56. The number of halogens is 1. The summed E-state index contributed by atoms with van der Waals surface area (Å²) in [5.41, 5.74) is 0.769. The van der Waals surface area contributed by atoms with Crippen molar-refractivity contribution in [2.24, 2.45) is 7.05 Å². The summed E-state index contributed by atoms with van der Waals surface area (Å²) in [5.74, 6) is -1.08. The summed E-state index contributed by atoms with van der Waals surface area (Å²) in [6.45, 7) is 0. The van der Waals surface area contributed by atoms with Crippen LogP contribution in [-0.4, -0.2) is 31.1 Å². The zero-order valence-electron chi connectivity index (χ0n) is 8.25. The highest BCUT2D eigenvalue weighted by atomic mass is 79.9. The van der Waals surface area contributed by atoms with Crippen molar-refractivity contribution in [1.29, 1.82) is 0 Å². The molecule has 0 bridgehead atoms. The highest BCUT2D eigenvalue weighted by molar-refractivity contribution is 9.10. The van der Waals surface area contributed by atoms with Gasteiger partial charge in [-0.3, -0.25) is 4.98 Å². The molecule has 0 saturated carbocycles. The molecule has 0 aliphatic rings. The predicted molar refractivity (Wildman–Crippen MR) is 58.9 cm³/mol. The molecule has 82 valence electrons. The van der Waals surface area contributed by atoms with E-state index in [0.29, 0.717) is 5.69 Å². The van der Waals surface area contributed by atoms with Crippen LogP contribution in [0, 0.1) is 0 Å². The van der Waals surface area contributed by atoms with Crippen molar-refractivity contribution >= 4 is 21.9 Å². The van der Waals surface area contributed by atoms with E-state index < -0.39 is 5.97 Å². The summed E-state index contributed by atoms with van der Waals surface area (Å²) in [4.78, 5) is 15.1. The smallest absolute Gasteiger partial charge is 0.356 e. The number of carbonyl (C=O) groups is 1. The molecule has 2 rings (SSSR count). The molecule has 0 saturated heterocycles. The van der Waals surface area contributed by atoms with E-state index in [0.717, 1.165) is 4.47 Å². The largest absolute Gasteiger partial charge is 0.476 e. The fourth-order valence-corrected chi connectivity index (χ4v) is 1.52. The minimum atomic E-state index is -1.08. The van der Waals surface area contributed by atoms with E-state index in [-0.39, 0.29) is 11.4 Å². The predicted octanol–water partition coefficient (Wildman–Crippen LogP) is 1.34. The number of hydrogen-bond donors (Lipinski definition) is 1. The second-order valence-corrected chi connectivity index (χ2v) is 3.99. The Morgan fingerprint density at radius 2 is 2.25 bits per heavy atom. The fraction of sp³-hybridized carbons (Fsp3) is 0.111. The lowest BCUT2D eigenvalue weighted by Crippen LogP contribution is -2.07. The monoisotopic (exact) mass is 282 g/mol. The number of aromatic carboxylic acids is 1. The maximum Gasteiger partial charge on any atom is 0.356 e. The molecule has 6 nitrogen and oxygen atoms in total. The van der Waals surface area contributed by atoms with Crippen molar-refractivity contribution in [2.45, 2.75) is 0 Å². The van der Waals surface area contributed by atoms with Crippen molar-refractivity contribution in [3.05, 3.63) is 28.5 Å². The van der Waals surface area contributed by atoms with Gasteiger partial charge in [0, 0.05) is 17.7 Å². The van der Waals surface area contributed by atoms with Gasteiger partial charge < -0.3 is 5.11 Å². The summed E-state index contributed by atoms with van der Waals surface area (Å²) in [7, 11) is 1.53. The van der Waals surface area contributed by atoms with Gasteiger partial charge in [-0.2, -0.15) is 0 Å². The maximum atomic E-state index is 11.0. The first-order valence-electron chi connectivity index (χ1n) is 4.34. The molecule has 0 aliphatic heterocycles. The molecule has 0 aliphatic carbocycles. The first kappa shape index (κ1) is 10.7. The van der Waals surface area contributed by atoms with Crippen LogP contribution in [0.2, 0.25) is 0 Å². The zero-order valence-corrected chi connectivity index (χ0v) is 9.84. The van der Waals surface area contributed by atoms with Crippen molar-refractivity contribution in [3.8, 4) is 11.4 Å². The van der Waals surface area contributed by atoms with Gasteiger partial charge in [-0.25, -0.2) is 9.48 Å². The summed E-state index contributed by atoms with van der Waals surface area (Å²) in [5, 5.41) is 16.5. The zero-order chi connectivity index (χ0) is 11.7. The van der Waals surface area contributed by atoms with Crippen LogP contribution in [0.25, 0.3) is 11.4 Å². The van der Waals surface area contributed by atoms with Crippen molar-refractivity contribution in [2.75, 3.05) is 0 Å². The molecule has 0 atom stereocenters. The molecular formula is C9H7BrN4O2. The number of carboxylic acid groups (broad SMARTS) is 1. The average molecular weight is 283 g/mol. The van der Waals surface area contributed by atoms with Gasteiger partial charge in [0.2, 0.25) is 0 Å². The van der Waals surface area contributed by atoms with Gasteiger partial charge >= 0.3 is 5.97 Å². The highest BCUT2D eigenvalue weighted by Gasteiger charge is 2.19. The van der Waals surface area contributed by atoms with Gasteiger partial charge in [0.05, 0.1) is 5.69 Å². The van der Waals surface area contributed by atoms with E-state index in [1.165, 1.54) is 11.7 Å². The molecule has 2 aromatic heterocycles. The van der Waals surface area contributed by atoms with E-state index in [1.807, 2.05) is 0 Å². The standard InChI is InChI=1S/C9H7BrN4O2/c1-14-8(9(15)16)7(12-13-14)6-3-2-5(10)4-11-6/h2-4H,1H3,(H,15,16). The van der Waals surface area contributed by atoms with Crippen molar-refractivity contribution in [3.63, 3.8) is 0 Å². The quantitative estimate of drug-likeness (QED) is 0.899. The average Bonchev–Trinajstić information content (AvgIpc) is 2.61. The van der Waals surface area contributed by atoms with Gasteiger partial charge in [-0.1, -0.05) is 5.21 Å². The van der Waals surface area contributed by atoms with Crippen LogP contribution in [0.15, 0.2) is 22.8 Å². The molecular weight excluding hydrogens is 276 g/mol. The molecule has 0 spiro atoms. The Morgan fingerprint density at radius 1 is 1.50 bits per heavy atom. The molecule has 1 N–H and O–H groups in total. The number of pyridine rings is 1. The van der Waals surface area contributed by atoms with Gasteiger partial charge in [-0.05, 0) is 28.1 Å². The number of carboxylic acids is 1. The minimum Gasteiger partial charge on any atom is -0.476 e. The molecule has 0 radical (unpaired) electrons. The highest BCUT2D eigenvalue weighted by Crippen LogP contribution is 2.19. The Morgan fingerprint density at radius 3 is 2.81 bits per heavy atom. The van der Waals surface area contributed by atoms with E-state index in [1.54, 1.807) is 18.3 Å². The van der Waals surface area contributed by atoms with Crippen LogP contribution in [0.1, 0.15) is 10.5 Å². The van der Waals surface area contributed by atoms with E-state index >= 15 is 0 Å². The Labute approximate surface area is 99.1 Å². The summed E-state index contributed by atoms with van der Waals surface area (Å²) >= 11 is 3.25. The number of rotatable bonds is 2. The van der Waals surface area contributed by atoms with Gasteiger partial charge in [0.25, 0.3) is 0 Å². The molecule has 2 aromatic rings. The Kier molecular flexibility index (Phi) is 2.69. The number of aryl methyl sites for hydroxylation is 1. The number of aromatic nitrogens is 4. The van der Waals surface area contributed by atoms with E-state index in [2.05, 4.69) is 31.2 Å². The molecule has 0 aromatic carbocycles. The normalized spacial score (nSPS) is 10.4. The third-order valence-electron chi connectivity index (χ3n) is 2.00. The Hall–Kier alpha value is -1.76. The van der Waals surface area contributed by atoms with Crippen LogP contribution in [0.5, 0.6) is 0 Å². The van der Waals surface area contributed by atoms with Crippen molar-refractivity contribution in [1.82, 2.24) is 20.0 Å². The minimum absolute atomic E-state index is 0.0230. The summed E-state index contributed by atoms with van der Waals surface area (Å²) in [6, 6.07) is 3.45. The first-order valence-corrected chi connectivity index (χ1v) is 5.14. The van der Waals surface area contributed by atoms with Crippen molar-refractivity contribution < 1.29 is 9.90 Å². The lowest BCUT2D eigenvalue weighted by molar-refractivity contribution is 0.0686. The lowest BCUT2D eigenvalue weighted by atomic mass is 10.2. The Bertz CT molecular complexity index is 535. The van der Waals surface area contributed by atoms with Crippen LogP contribution >= 0.6 is 15.9 Å². The SMILES string of the molecule is Cn1nnc(-c2ccc(Br)cn2)c1C(=O)O. The summed E-state index contributed by atoms with van der Waals surface area (Å²) < 4.78 is 2.03. The van der Waals surface area contributed by atoms with Crippen LogP contribution in [-0.2, 0) is 7.05 Å². The second kappa shape index (κ2) is 4.01. The number of nitrogens with zero attached hydrogens (tertiary/aromatic N) is 4. The third-order valence-corrected chi connectivity index (χ3v) is 2.47. The van der Waals surface area contributed by atoms with Gasteiger partial charge in [0.1, 0.15) is 5.69 Å². The topological polar surface area (TPSA) is 80.9 Å². The second-order valence-electron chi connectivity index (χ2n) is 3.08.